The molecule has 2 amide bonds. The molecular weight excluding hydrogens is 268 g/mol. The Labute approximate surface area is 125 Å². The van der Waals surface area contributed by atoms with Crippen molar-refractivity contribution in [3.63, 3.8) is 0 Å². The normalized spacial score (nSPS) is 22.5. The molecule has 0 aliphatic carbocycles. The zero-order valence-corrected chi connectivity index (χ0v) is 12.5. The van der Waals surface area contributed by atoms with Crippen molar-refractivity contribution < 1.29 is 14.0 Å². The lowest BCUT2D eigenvalue weighted by Gasteiger charge is -2.35. The van der Waals surface area contributed by atoms with Crippen molar-refractivity contribution in [3.05, 3.63) is 30.2 Å². The van der Waals surface area contributed by atoms with Crippen LogP contribution in [0.1, 0.15) is 26.0 Å². The number of amides is 2. The van der Waals surface area contributed by atoms with Gasteiger partial charge in [-0.05, 0) is 36.5 Å². The van der Waals surface area contributed by atoms with E-state index < -0.39 is 0 Å². The van der Waals surface area contributed by atoms with Crippen molar-refractivity contribution in [2.24, 2.45) is 11.8 Å². The van der Waals surface area contributed by atoms with Crippen LogP contribution in [0.2, 0.25) is 0 Å². The zero-order valence-electron chi connectivity index (χ0n) is 12.5. The summed E-state index contributed by atoms with van der Waals surface area (Å²) in [5, 5.41) is 2.61. The second-order valence-electron chi connectivity index (χ2n) is 5.81. The Morgan fingerprint density at radius 3 is 2.71 bits per heavy atom. The fourth-order valence-electron chi connectivity index (χ4n) is 2.74. The number of likely N-dealkylation sites (tertiary alicyclic amines) is 1. The van der Waals surface area contributed by atoms with Gasteiger partial charge in [-0.2, -0.15) is 0 Å². The third-order valence-electron chi connectivity index (χ3n) is 3.58. The van der Waals surface area contributed by atoms with E-state index in [4.69, 9.17) is 4.42 Å². The molecule has 0 radical (unpaired) electrons. The first-order valence-electron chi connectivity index (χ1n) is 7.31. The van der Waals surface area contributed by atoms with Gasteiger partial charge < -0.3 is 14.6 Å². The van der Waals surface area contributed by atoms with Crippen molar-refractivity contribution in [1.82, 2.24) is 10.2 Å². The van der Waals surface area contributed by atoms with E-state index in [0.29, 0.717) is 17.6 Å². The van der Waals surface area contributed by atoms with Crippen molar-refractivity contribution in [2.75, 3.05) is 19.6 Å². The Kier molecular flexibility index (Phi) is 5.20. The molecule has 2 unspecified atom stereocenters. The molecule has 114 valence electrons. The monoisotopic (exact) mass is 290 g/mol. The van der Waals surface area contributed by atoms with E-state index in [-0.39, 0.29) is 18.4 Å². The molecule has 2 rings (SSSR count). The van der Waals surface area contributed by atoms with Crippen LogP contribution >= 0.6 is 0 Å². The van der Waals surface area contributed by atoms with E-state index >= 15 is 0 Å². The molecule has 1 fully saturated rings. The van der Waals surface area contributed by atoms with Gasteiger partial charge in [0.2, 0.25) is 11.8 Å². The number of piperidine rings is 1. The topological polar surface area (TPSA) is 62.6 Å². The molecule has 1 aromatic heterocycles. The molecule has 1 aliphatic rings. The Morgan fingerprint density at radius 1 is 1.38 bits per heavy atom. The highest BCUT2D eigenvalue weighted by atomic mass is 16.3. The van der Waals surface area contributed by atoms with Gasteiger partial charge in [-0.25, -0.2) is 0 Å². The van der Waals surface area contributed by atoms with Crippen LogP contribution in [-0.4, -0.2) is 36.3 Å². The summed E-state index contributed by atoms with van der Waals surface area (Å²) < 4.78 is 5.09. The Hall–Kier alpha value is -2.04. The first-order valence-corrected chi connectivity index (χ1v) is 7.31. The molecule has 5 nitrogen and oxygen atoms in total. The van der Waals surface area contributed by atoms with E-state index in [1.54, 1.807) is 24.5 Å². The quantitative estimate of drug-likeness (QED) is 0.862. The smallest absolute Gasteiger partial charge is 0.244 e. The lowest BCUT2D eigenvalue weighted by molar-refractivity contribution is -0.134. The summed E-state index contributed by atoms with van der Waals surface area (Å²) in [6.07, 6.45) is 5.64. The molecule has 1 aromatic rings. The van der Waals surface area contributed by atoms with Crippen LogP contribution in [0, 0.1) is 11.8 Å². The van der Waals surface area contributed by atoms with Crippen LogP contribution in [0.5, 0.6) is 0 Å². The minimum atomic E-state index is -0.294. The molecule has 2 heterocycles. The summed E-state index contributed by atoms with van der Waals surface area (Å²) in [4.78, 5) is 25.6. The zero-order chi connectivity index (χ0) is 15.2. The van der Waals surface area contributed by atoms with Crippen molar-refractivity contribution >= 4 is 17.9 Å². The van der Waals surface area contributed by atoms with Gasteiger partial charge in [-0.1, -0.05) is 13.8 Å². The summed E-state index contributed by atoms with van der Waals surface area (Å²) in [5.41, 5.74) is 0. The number of nitrogens with one attached hydrogen (secondary N) is 1. The fraction of sp³-hybridized carbons (Fsp3) is 0.500. The highest BCUT2D eigenvalue weighted by molar-refractivity contribution is 5.94. The third-order valence-corrected chi connectivity index (χ3v) is 3.58. The molecule has 2 atom stereocenters. The van der Waals surface area contributed by atoms with Crippen LogP contribution in [0.15, 0.2) is 28.9 Å². The number of carbonyl (C=O) groups excluding carboxylic acids is 2. The maximum Gasteiger partial charge on any atom is 0.244 e. The van der Waals surface area contributed by atoms with Crippen molar-refractivity contribution in [3.8, 4) is 0 Å². The summed E-state index contributed by atoms with van der Waals surface area (Å²) in [6.45, 7) is 5.91. The van der Waals surface area contributed by atoms with Crippen LogP contribution in [0.25, 0.3) is 6.08 Å². The van der Waals surface area contributed by atoms with Crippen LogP contribution in [-0.2, 0) is 9.59 Å². The van der Waals surface area contributed by atoms with Crippen LogP contribution < -0.4 is 5.32 Å². The number of nitrogens with zero attached hydrogens (tertiary/aromatic N) is 1. The first-order chi connectivity index (χ1) is 10.0. The number of hydrogen-bond acceptors (Lipinski definition) is 3. The third kappa shape index (κ3) is 4.77. The predicted molar refractivity (Wildman–Crippen MR) is 80.3 cm³/mol. The van der Waals surface area contributed by atoms with Gasteiger partial charge in [0.25, 0.3) is 0 Å². The largest absolute Gasteiger partial charge is 0.465 e. The summed E-state index contributed by atoms with van der Waals surface area (Å²) in [5.74, 6) is 1.33. The van der Waals surface area contributed by atoms with Gasteiger partial charge in [0.05, 0.1) is 12.8 Å². The minimum absolute atomic E-state index is 0.0202. The highest BCUT2D eigenvalue weighted by Gasteiger charge is 2.25. The summed E-state index contributed by atoms with van der Waals surface area (Å²) >= 11 is 0. The average Bonchev–Trinajstić information content (AvgIpc) is 2.94. The molecule has 0 spiro atoms. The molecule has 1 N–H and O–H groups in total. The van der Waals surface area contributed by atoms with Gasteiger partial charge in [0, 0.05) is 19.2 Å². The standard InChI is InChI=1S/C16H22N2O3/c1-12-8-13(2)11-18(10-12)16(20)9-17-15(19)6-5-14-4-3-7-21-14/h3-7,12-13H,8-11H2,1-2H3,(H,17,19)/b6-5+. The molecule has 0 saturated carbocycles. The maximum absolute atomic E-state index is 12.1. The maximum atomic E-state index is 12.1. The molecule has 21 heavy (non-hydrogen) atoms. The number of rotatable bonds is 4. The van der Waals surface area contributed by atoms with Crippen molar-refractivity contribution in [2.45, 2.75) is 20.3 Å². The summed E-state index contributed by atoms with van der Waals surface area (Å²) in [6, 6.07) is 3.51. The second kappa shape index (κ2) is 7.11. The Morgan fingerprint density at radius 2 is 2.10 bits per heavy atom. The lowest BCUT2D eigenvalue weighted by atomic mass is 9.92. The number of hydrogen-bond donors (Lipinski definition) is 1. The van der Waals surface area contributed by atoms with Crippen molar-refractivity contribution in [1.29, 1.82) is 0 Å². The number of carbonyl (C=O) groups is 2. The van der Waals surface area contributed by atoms with E-state index in [9.17, 15) is 9.59 Å². The predicted octanol–water partition coefficient (Wildman–Crippen LogP) is 1.91. The Bertz CT molecular complexity index is 498. The highest BCUT2D eigenvalue weighted by Crippen LogP contribution is 2.20. The molecule has 1 aliphatic heterocycles. The fourth-order valence-corrected chi connectivity index (χ4v) is 2.74. The molecule has 1 saturated heterocycles. The van der Waals surface area contributed by atoms with Gasteiger partial charge in [0.15, 0.2) is 0 Å². The van der Waals surface area contributed by atoms with Gasteiger partial charge >= 0.3 is 0 Å². The minimum Gasteiger partial charge on any atom is -0.465 e. The molecular formula is C16H22N2O3. The second-order valence-corrected chi connectivity index (χ2v) is 5.81. The van der Waals surface area contributed by atoms with Gasteiger partial charge in [-0.3, -0.25) is 9.59 Å². The van der Waals surface area contributed by atoms with E-state index in [2.05, 4.69) is 19.2 Å². The van der Waals surface area contributed by atoms with Crippen LogP contribution in [0.3, 0.4) is 0 Å². The van der Waals surface area contributed by atoms with Gasteiger partial charge in [-0.15, -0.1) is 0 Å². The lowest BCUT2D eigenvalue weighted by Crippen LogP contribution is -2.46. The molecule has 0 bridgehead atoms. The molecule has 0 aromatic carbocycles. The number of furan rings is 1. The summed E-state index contributed by atoms with van der Waals surface area (Å²) in [7, 11) is 0. The van der Waals surface area contributed by atoms with E-state index in [0.717, 1.165) is 19.5 Å². The van der Waals surface area contributed by atoms with E-state index in [1.165, 1.54) is 6.08 Å². The van der Waals surface area contributed by atoms with Crippen LogP contribution in [0.4, 0.5) is 0 Å². The van der Waals surface area contributed by atoms with E-state index in [1.807, 2.05) is 4.90 Å². The Balaban J connectivity index is 1.77. The molecule has 5 heteroatoms. The SMILES string of the molecule is CC1CC(C)CN(C(=O)CNC(=O)/C=C/c2ccco2)C1. The van der Waals surface area contributed by atoms with Gasteiger partial charge in [0.1, 0.15) is 5.76 Å². The average molecular weight is 290 g/mol. The first kappa shape index (κ1) is 15.4.